The maximum Gasteiger partial charge on any atom is 0.358 e. The van der Waals surface area contributed by atoms with Crippen molar-refractivity contribution in [2.45, 2.75) is 26.4 Å². The van der Waals surface area contributed by atoms with E-state index in [1.54, 1.807) is 5.38 Å². The Morgan fingerprint density at radius 2 is 2.05 bits per heavy atom. The molecule has 0 radical (unpaired) electrons. The zero-order valence-electron chi connectivity index (χ0n) is 11.8. The molecule has 1 atom stereocenters. The van der Waals surface area contributed by atoms with Gasteiger partial charge in [0.25, 0.3) is 0 Å². The molecular formula is C15H16N2O3S. The lowest BCUT2D eigenvalue weighted by molar-refractivity contribution is -0.114. The first kappa shape index (κ1) is 15.2. The number of thiazole rings is 1. The third-order valence-corrected chi connectivity index (χ3v) is 3.43. The fourth-order valence-electron chi connectivity index (χ4n) is 1.81. The van der Waals surface area contributed by atoms with Gasteiger partial charge in [-0.1, -0.05) is 30.3 Å². The standard InChI is InChI=1S/C15H16N2O3S/c1-10(8-12-6-4-3-5-7-12)20-14(19)13-9-21-15(17-13)16-11(2)18/h3-7,9-10H,8H2,1-2H3,(H,16,17,18). The maximum absolute atomic E-state index is 12.0. The number of amides is 1. The van der Waals surface area contributed by atoms with Crippen LogP contribution in [0.2, 0.25) is 0 Å². The molecule has 1 aromatic carbocycles. The lowest BCUT2D eigenvalue weighted by atomic mass is 10.1. The minimum absolute atomic E-state index is 0.212. The van der Waals surface area contributed by atoms with E-state index in [1.807, 2.05) is 37.3 Å². The van der Waals surface area contributed by atoms with Crippen LogP contribution in [0.1, 0.15) is 29.9 Å². The van der Waals surface area contributed by atoms with Crippen molar-refractivity contribution in [1.82, 2.24) is 4.98 Å². The first-order valence-corrected chi connectivity index (χ1v) is 7.40. The highest BCUT2D eigenvalue weighted by Gasteiger charge is 2.16. The molecule has 0 saturated heterocycles. The highest BCUT2D eigenvalue weighted by Crippen LogP contribution is 2.17. The summed E-state index contributed by atoms with van der Waals surface area (Å²) in [7, 11) is 0. The Bertz CT molecular complexity index is 625. The number of carbonyl (C=O) groups excluding carboxylic acids is 2. The third kappa shape index (κ3) is 4.68. The summed E-state index contributed by atoms with van der Waals surface area (Å²) < 4.78 is 5.35. The molecule has 1 heterocycles. The number of rotatable bonds is 5. The summed E-state index contributed by atoms with van der Waals surface area (Å²) >= 11 is 1.19. The monoisotopic (exact) mass is 304 g/mol. The Hall–Kier alpha value is -2.21. The van der Waals surface area contributed by atoms with Gasteiger partial charge < -0.3 is 10.1 Å². The number of hydrogen-bond acceptors (Lipinski definition) is 5. The number of nitrogens with one attached hydrogen (secondary N) is 1. The van der Waals surface area contributed by atoms with Crippen LogP contribution < -0.4 is 5.32 Å². The van der Waals surface area contributed by atoms with Crippen molar-refractivity contribution < 1.29 is 14.3 Å². The second-order valence-corrected chi connectivity index (χ2v) is 5.48. The number of ether oxygens (including phenoxy) is 1. The van der Waals surface area contributed by atoms with Crippen LogP contribution in [-0.4, -0.2) is 23.0 Å². The Balaban J connectivity index is 1.91. The van der Waals surface area contributed by atoms with Crippen molar-refractivity contribution in [1.29, 1.82) is 0 Å². The van der Waals surface area contributed by atoms with Gasteiger partial charge in [0, 0.05) is 18.7 Å². The molecule has 0 saturated carbocycles. The van der Waals surface area contributed by atoms with Gasteiger partial charge in [0.15, 0.2) is 10.8 Å². The summed E-state index contributed by atoms with van der Waals surface area (Å²) in [5.74, 6) is -0.701. The number of aromatic nitrogens is 1. The van der Waals surface area contributed by atoms with Gasteiger partial charge in [-0.3, -0.25) is 4.79 Å². The predicted octanol–water partition coefficient (Wildman–Crippen LogP) is 2.89. The van der Waals surface area contributed by atoms with Crippen molar-refractivity contribution in [3.05, 3.63) is 47.0 Å². The molecule has 2 aromatic rings. The summed E-state index contributed by atoms with van der Waals surface area (Å²) in [5, 5.41) is 4.50. The Labute approximate surface area is 127 Å². The van der Waals surface area contributed by atoms with E-state index in [9.17, 15) is 9.59 Å². The summed E-state index contributed by atoms with van der Waals surface area (Å²) in [6.07, 6.45) is 0.403. The van der Waals surface area contributed by atoms with Gasteiger partial charge in [-0.15, -0.1) is 11.3 Å². The van der Waals surface area contributed by atoms with Crippen LogP contribution >= 0.6 is 11.3 Å². The van der Waals surface area contributed by atoms with E-state index in [2.05, 4.69) is 10.3 Å². The van der Waals surface area contributed by atoms with Crippen LogP contribution in [0, 0.1) is 0 Å². The molecule has 0 spiro atoms. The third-order valence-electron chi connectivity index (χ3n) is 2.67. The molecule has 110 valence electrons. The maximum atomic E-state index is 12.0. The van der Waals surface area contributed by atoms with E-state index in [0.717, 1.165) is 5.56 Å². The van der Waals surface area contributed by atoms with Crippen molar-refractivity contribution in [2.24, 2.45) is 0 Å². The molecule has 0 aliphatic heterocycles. The molecule has 1 N–H and O–H groups in total. The van der Waals surface area contributed by atoms with Crippen molar-refractivity contribution in [3.8, 4) is 0 Å². The molecule has 1 amide bonds. The number of carbonyl (C=O) groups is 2. The smallest absolute Gasteiger partial charge is 0.358 e. The minimum atomic E-state index is -0.480. The fraction of sp³-hybridized carbons (Fsp3) is 0.267. The molecule has 0 bridgehead atoms. The number of hydrogen-bond donors (Lipinski definition) is 1. The van der Waals surface area contributed by atoms with Gasteiger partial charge in [0.1, 0.15) is 6.10 Å². The molecular weight excluding hydrogens is 288 g/mol. The molecule has 1 unspecified atom stereocenters. The van der Waals surface area contributed by atoms with Crippen LogP contribution in [0.25, 0.3) is 0 Å². The van der Waals surface area contributed by atoms with E-state index in [-0.39, 0.29) is 17.7 Å². The fourth-order valence-corrected chi connectivity index (χ4v) is 2.53. The van der Waals surface area contributed by atoms with E-state index < -0.39 is 5.97 Å². The van der Waals surface area contributed by atoms with Gasteiger partial charge >= 0.3 is 5.97 Å². The van der Waals surface area contributed by atoms with Crippen LogP contribution in [0.5, 0.6) is 0 Å². The van der Waals surface area contributed by atoms with Gasteiger partial charge in [-0.05, 0) is 12.5 Å². The average molecular weight is 304 g/mol. The summed E-state index contributed by atoms with van der Waals surface area (Å²) in [4.78, 5) is 26.9. The lowest BCUT2D eigenvalue weighted by Crippen LogP contribution is -2.17. The van der Waals surface area contributed by atoms with Gasteiger partial charge in [-0.2, -0.15) is 0 Å². The Kier molecular flexibility index (Phi) is 5.05. The van der Waals surface area contributed by atoms with Crippen LogP contribution in [-0.2, 0) is 16.0 Å². The number of benzene rings is 1. The van der Waals surface area contributed by atoms with E-state index in [4.69, 9.17) is 4.74 Å². The number of anilines is 1. The molecule has 0 fully saturated rings. The Morgan fingerprint density at radius 3 is 2.71 bits per heavy atom. The van der Waals surface area contributed by atoms with E-state index in [0.29, 0.717) is 11.6 Å². The van der Waals surface area contributed by atoms with E-state index in [1.165, 1.54) is 18.3 Å². The largest absolute Gasteiger partial charge is 0.458 e. The van der Waals surface area contributed by atoms with Crippen molar-refractivity contribution in [2.75, 3.05) is 5.32 Å². The minimum Gasteiger partial charge on any atom is -0.458 e. The number of esters is 1. The van der Waals surface area contributed by atoms with Crippen LogP contribution in [0.4, 0.5) is 5.13 Å². The van der Waals surface area contributed by atoms with Crippen LogP contribution in [0.15, 0.2) is 35.7 Å². The normalized spacial score (nSPS) is 11.7. The molecule has 0 aliphatic carbocycles. The van der Waals surface area contributed by atoms with Gasteiger partial charge in [0.05, 0.1) is 0 Å². The molecule has 6 heteroatoms. The molecule has 21 heavy (non-hydrogen) atoms. The quantitative estimate of drug-likeness (QED) is 0.862. The zero-order valence-corrected chi connectivity index (χ0v) is 12.6. The first-order valence-electron chi connectivity index (χ1n) is 6.52. The van der Waals surface area contributed by atoms with Crippen molar-refractivity contribution in [3.63, 3.8) is 0 Å². The second-order valence-electron chi connectivity index (χ2n) is 4.62. The lowest BCUT2D eigenvalue weighted by Gasteiger charge is -2.12. The average Bonchev–Trinajstić information content (AvgIpc) is 2.87. The molecule has 2 rings (SSSR count). The Morgan fingerprint density at radius 1 is 1.33 bits per heavy atom. The summed E-state index contributed by atoms with van der Waals surface area (Å²) in [6, 6.07) is 9.82. The highest BCUT2D eigenvalue weighted by molar-refractivity contribution is 7.14. The topological polar surface area (TPSA) is 68.3 Å². The molecule has 1 aromatic heterocycles. The van der Waals surface area contributed by atoms with Gasteiger partial charge in [-0.25, -0.2) is 9.78 Å². The van der Waals surface area contributed by atoms with Gasteiger partial charge in [0.2, 0.25) is 5.91 Å². The second kappa shape index (κ2) is 6.99. The molecule has 5 nitrogen and oxygen atoms in total. The summed E-state index contributed by atoms with van der Waals surface area (Å²) in [5.41, 5.74) is 1.32. The highest BCUT2D eigenvalue weighted by atomic mass is 32.1. The van der Waals surface area contributed by atoms with Crippen molar-refractivity contribution >= 4 is 28.3 Å². The first-order chi connectivity index (χ1) is 10.0. The number of nitrogens with zero attached hydrogens (tertiary/aromatic N) is 1. The predicted molar refractivity (Wildman–Crippen MR) is 81.4 cm³/mol. The SMILES string of the molecule is CC(=O)Nc1nc(C(=O)OC(C)Cc2ccccc2)cs1. The molecule has 0 aliphatic rings. The van der Waals surface area contributed by atoms with E-state index >= 15 is 0 Å². The summed E-state index contributed by atoms with van der Waals surface area (Å²) in [6.45, 7) is 3.23. The van der Waals surface area contributed by atoms with Crippen LogP contribution in [0.3, 0.4) is 0 Å². The zero-order chi connectivity index (χ0) is 15.2.